The SMILES string of the molecule is c1ccc(-c2ccc3cc(-c4c5ccccc5c(-c5ccc6c(c5)oc5ccc7c8ccccc8oc7c56)c5ccccc45)ccc3c2)cc1. The predicted octanol–water partition coefficient (Wildman–Crippen LogP) is 13.9. The normalized spacial score (nSPS) is 12.0. The second-order valence-corrected chi connectivity index (χ2v) is 13.2. The summed E-state index contributed by atoms with van der Waals surface area (Å²) in [7, 11) is 0. The Kier molecular flexibility index (Phi) is 5.70. The molecule has 0 fully saturated rings. The van der Waals surface area contributed by atoms with Crippen LogP contribution in [0.25, 0.3) is 110 Å². The summed E-state index contributed by atoms with van der Waals surface area (Å²) in [6.45, 7) is 0. The first-order valence-corrected chi connectivity index (χ1v) is 17.1. The lowest BCUT2D eigenvalue weighted by Crippen LogP contribution is -1.91. The highest BCUT2D eigenvalue weighted by molar-refractivity contribution is 6.24. The van der Waals surface area contributed by atoms with E-state index in [1.807, 2.05) is 12.1 Å². The minimum Gasteiger partial charge on any atom is -0.456 e. The first-order chi connectivity index (χ1) is 24.8. The molecule has 0 aliphatic heterocycles. The molecule has 0 aliphatic rings. The number of fused-ring (bicyclic) bond motifs is 10. The molecule has 0 N–H and O–H groups in total. The zero-order chi connectivity index (χ0) is 32.8. The van der Waals surface area contributed by atoms with Crippen molar-refractivity contribution in [3.05, 3.63) is 170 Å². The molecule has 9 aromatic carbocycles. The van der Waals surface area contributed by atoms with E-state index in [-0.39, 0.29) is 0 Å². The maximum Gasteiger partial charge on any atom is 0.147 e. The van der Waals surface area contributed by atoms with Crippen LogP contribution in [0.3, 0.4) is 0 Å². The number of hydrogen-bond acceptors (Lipinski definition) is 2. The maximum atomic E-state index is 6.55. The molecule has 0 aliphatic carbocycles. The minimum atomic E-state index is 0.834. The van der Waals surface area contributed by atoms with Crippen LogP contribution in [-0.2, 0) is 0 Å². The summed E-state index contributed by atoms with van der Waals surface area (Å²) in [6.07, 6.45) is 0. The molecule has 0 amide bonds. The highest BCUT2D eigenvalue weighted by atomic mass is 16.3. The Morgan fingerprint density at radius 2 is 0.820 bits per heavy atom. The molecule has 0 unspecified atom stereocenters. The molecule has 2 nitrogen and oxygen atoms in total. The van der Waals surface area contributed by atoms with Gasteiger partial charge in [0.2, 0.25) is 0 Å². The van der Waals surface area contributed by atoms with E-state index in [1.54, 1.807) is 0 Å². The minimum absolute atomic E-state index is 0.834. The Hall–Kier alpha value is -6.64. The average Bonchev–Trinajstić information content (AvgIpc) is 3.75. The number of benzene rings is 9. The van der Waals surface area contributed by atoms with Gasteiger partial charge in [0.15, 0.2) is 0 Å². The lowest BCUT2D eigenvalue weighted by atomic mass is 9.85. The van der Waals surface area contributed by atoms with Crippen LogP contribution in [0.1, 0.15) is 0 Å². The molecular formula is C48H28O2. The van der Waals surface area contributed by atoms with Gasteiger partial charge in [0, 0.05) is 16.2 Å². The molecule has 50 heavy (non-hydrogen) atoms. The molecule has 0 saturated carbocycles. The van der Waals surface area contributed by atoms with E-state index < -0.39 is 0 Å². The summed E-state index contributed by atoms with van der Waals surface area (Å²) >= 11 is 0. The Labute approximate surface area is 287 Å². The highest BCUT2D eigenvalue weighted by Gasteiger charge is 2.20. The smallest absolute Gasteiger partial charge is 0.147 e. The van der Waals surface area contributed by atoms with Crippen molar-refractivity contribution in [1.82, 2.24) is 0 Å². The summed E-state index contributed by atoms with van der Waals surface area (Å²) in [4.78, 5) is 0. The van der Waals surface area contributed by atoms with E-state index in [0.29, 0.717) is 0 Å². The van der Waals surface area contributed by atoms with Crippen molar-refractivity contribution in [2.75, 3.05) is 0 Å². The van der Waals surface area contributed by atoms with E-state index in [2.05, 4.69) is 158 Å². The van der Waals surface area contributed by atoms with E-state index in [0.717, 1.165) is 49.4 Å². The summed E-state index contributed by atoms with van der Waals surface area (Å²) < 4.78 is 13.0. The van der Waals surface area contributed by atoms with Crippen LogP contribution < -0.4 is 0 Å². The Morgan fingerprint density at radius 3 is 1.52 bits per heavy atom. The van der Waals surface area contributed by atoms with Gasteiger partial charge < -0.3 is 8.83 Å². The van der Waals surface area contributed by atoms with Crippen LogP contribution in [0, 0.1) is 0 Å². The third-order valence-electron chi connectivity index (χ3n) is 10.4. The summed E-state index contributed by atoms with van der Waals surface area (Å²) in [6, 6.07) is 61.0. The second-order valence-electron chi connectivity index (χ2n) is 13.2. The molecule has 2 heteroatoms. The van der Waals surface area contributed by atoms with Crippen LogP contribution in [0.2, 0.25) is 0 Å². The number of para-hydroxylation sites is 1. The monoisotopic (exact) mass is 636 g/mol. The third kappa shape index (κ3) is 3.96. The third-order valence-corrected chi connectivity index (χ3v) is 10.4. The van der Waals surface area contributed by atoms with Gasteiger partial charge in [0.25, 0.3) is 0 Å². The van der Waals surface area contributed by atoms with Gasteiger partial charge in [-0.25, -0.2) is 0 Å². The summed E-state index contributed by atoms with van der Waals surface area (Å²) in [5.41, 5.74) is 10.7. The van der Waals surface area contributed by atoms with Crippen LogP contribution >= 0.6 is 0 Å². The molecule has 11 aromatic rings. The van der Waals surface area contributed by atoms with Crippen LogP contribution in [0.5, 0.6) is 0 Å². The van der Waals surface area contributed by atoms with Crippen LogP contribution in [0.15, 0.2) is 179 Å². The fourth-order valence-electron chi connectivity index (χ4n) is 8.16. The molecular weight excluding hydrogens is 609 g/mol. The molecule has 11 rings (SSSR count). The summed E-state index contributed by atoms with van der Waals surface area (Å²) in [5.74, 6) is 0. The molecule has 2 heterocycles. The van der Waals surface area contributed by atoms with Crippen molar-refractivity contribution in [3.8, 4) is 33.4 Å². The Balaban J connectivity index is 1.12. The highest BCUT2D eigenvalue weighted by Crippen LogP contribution is 2.46. The predicted molar refractivity (Wildman–Crippen MR) is 210 cm³/mol. The Bertz CT molecular complexity index is 3080. The fourth-order valence-corrected chi connectivity index (χ4v) is 8.16. The van der Waals surface area contributed by atoms with Gasteiger partial charge in [-0.1, -0.05) is 127 Å². The van der Waals surface area contributed by atoms with Crippen molar-refractivity contribution in [3.63, 3.8) is 0 Å². The second kappa shape index (κ2) is 10.4. The van der Waals surface area contributed by atoms with E-state index in [4.69, 9.17) is 8.83 Å². The molecule has 0 saturated heterocycles. The van der Waals surface area contributed by atoms with Gasteiger partial charge >= 0.3 is 0 Å². The molecule has 0 radical (unpaired) electrons. The lowest BCUT2D eigenvalue weighted by Gasteiger charge is -2.18. The standard InChI is InChI=1S/C48H28O2/c1-2-10-29(11-3-1)30-18-19-32-27-33(21-20-31(32)26-30)45-36-13-4-6-15-38(36)46(39-16-7-5-14-37(39)45)34-22-23-41-44(28-34)49-43-25-24-40-35-12-8-9-17-42(35)50-48(40)47(41)43/h1-28H. The van der Waals surface area contributed by atoms with Gasteiger partial charge in [-0.15, -0.1) is 0 Å². The van der Waals surface area contributed by atoms with Gasteiger partial charge in [-0.3, -0.25) is 0 Å². The molecule has 2 aromatic heterocycles. The van der Waals surface area contributed by atoms with E-state index in [9.17, 15) is 0 Å². The zero-order valence-electron chi connectivity index (χ0n) is 27.0. The first kappa shape index (κ1) is 27.3. The van der Waals surface area contributed by atoms with Crippen molar-refractivity contribution >= 4 is 76.2 Å². The number of hydrogen-bond donors (Lipinski definition) is 0. The lowest BCUT2D eigenvalue weighted by molar-refractivity contribution is 0.663. The largest absolute Gasteiger partial charge is 0.456 e. The number of rotatable bonds is 3. The fraction of sp³-hybridized carbons (Fsp3) is 0. The van der Waals surface area contributed by atoms with Gasteiger partial charge in [0.05, 0.1) is 5.39 Å². The average molecular weight is 637 g/mol. The molecule has 0 atom stereocenters. The molecule has 232 valence electrons. The van der Waals surface area contributed by atoms with Gasteiger partial charge in [0.1, 0.15) is 22.3 Å². The Morgan fingerprint density at radius 1 is 0.280 bits per heavy atom. The van der Waals surface area contributed by atoms with Gasteiger partial charge in [-0.05, 0) is 108 Å². The van der Waals surface area contributed by atoms with Crippen molar-refractivity contribution < 1.29 is 8.83 Å². The van der Waals surface area contributed by atoms with Crippen LogP contribution in [-0.4, -0.2) is 0 Å². The van der Waals surface area contributed by atoms with E-state index in [1.165, 1.54) is 60.1 Å². The van der Waals surface area contributed by atoms with Gasteiger partial charge in [-0.2, -0.15) is 0 Å². The first-order valence-electron chi connectivity index (χ1n) is 17.1. The molecule has 0 bridgehead atoms. The summed E-state index contributed by atoms with van der Waals surface area (Å²) in [5, 5.41) is 11.7. The van der Waals surface area contributed by atoms with Crippen molar-refractivity contribution in [2.24, 2.45) is 0 Å². The van der Waals surface area contributed by atoms with E-state index >= 15 is 0 Å². The number of furan rings is 2. The molecule has 0 spiro atoms. The van der Waals surface area contributed by atoms with Crippen molar-refractivity contribution in [1.29, 1.82) is 0 Å². The van der Waals surface area contributed by atoms with Crippen molar-refractivity contribution in [2.45, 2.75) is 0 Å². The zero-order valence-corrected chi connectivity index (χ0v) is 27.0. The topological polar surface area (TPSA) is 26.3 Å². The maximum absolute atomic E-state index is 6.55. The van der Waals surface area contributed by atoms with Crippen LogP contribution in [0.4, 0.5) is 0 Å². The quantitative estimate of drug-likeness (QED) is 0.180.